The second kappa shape index (κ2) is 9.57. The summed E-state index contributed by atoms with van der Waals surface area (Å²) >= 11 is 6.20. The molecule has 5 nitrogen and oxygen atoms in total. The molecule has 0 heterocycles. The number of hydrogen-bond acceptors (Lipinski definition) is 3. The zero-order chi connectivity index (χ0) is 23.6. The molecule has 0 radical (unpaired) electrons. The molecule has 7 heteroatoms. The van der Waals surface area contributed by atoms with E-state index in [9.17, 15) is 13.2 Å². The van der Waals surface area contributed by atoms with Crippen LogP contribution in [0.4, 0.5) is 5.69 Å². The van der Waals surface area contributed by atoms with E-state index >= 15 is 0 Å². The molecule has 172 valence electrons. The summed E-state index contributed by atoms with van der Waals surface area (Å²) in [6.45, 7) is 3.36. The van der Waals surface area contributed by atoms with E-state index in [1.165, 1.54) is 5.56 Å². The lowest BCUT2D eigenvalue weighted by Crippen LogP contribution is -2.42. The molecule has 0 bridgehead atoms. The van der Waals surface area contributed by atoms with Crippen molar-refractivity contribution in [2.75, 3.05) is 10.8 Å². The quantitative estimate of drug-likeness (QED) is 0.515. The first-order chi connectivity index (χ1) is 15.8. The highest BCUT2D eigenvalue weighted by Gasteiger charge is 2.30. The molecular formula is C26H27ClN2O3S. The molecule has 0 saturated carbocycles. The van der Waals surface area contributed by atoms with Crippen molar-refractivity contribution in [3.63, 3.8) is 0 Å². The van der Waals surface area contributed by atoms with E-state index in [0.29, 0.717) is 16.3 Å². The molecular weight excluding hydrogens is 456 g/mol. The summed E-state index contributed by atoms with van der Waals surface area (Å²) in [5, 5.41) is 3.47. The molecule has 0 fully saturated rings. The maximum absolute atomic E-state index is 13.6. The number of rotatable bonds is 6. The molecule has 0 spiro atoms. The minimum Gasteiger partial charge on any atom is -0.348 e. The molecule has 1 atom stereocenters. The summed E-state index contributed by atoms with van der Waals surface area (Å²) in [4.78, 5) is 13.3. The van der Waals surface area contributed by atoms with Crippen molar-refractivity contribution >= 4 is 33.2 Å². The molecule has 1 N–H and O–H groups in total. The lowest BCUT2D eigenvalue weighted by atomic mass is 9.88. The second-order valence-electron chi connectivity index (χ2n) is 8.47. The van der Waals surface area contributed by atoms with Crippen LogP contribution in [0.1, 0.15) is 41.1 Å². The number of sulfonamides is 1. The Labute approximate surface area is 200 Å². The van der Waals surface area contributed by atoms with E-state index in [1.54, 1.807) is 49.4 Å². The summed E-state index contributed by atoms with van der Waals surface area (Å²) < 4.78 is 28.4. The fraction of sp³-hybridized carbons (Fsp3) is 0.269. The minimum atomic E-state index is -3.99. The maximum atomic E-state index is 13.6. The van der Waals surface area contributed by atoms with Gasteiger partial charge in [0.05, 0.1) is 16.6 Å². The highest BCUT2D eigenvalue weighted by molar-refractivity contribution is 7.92. The van der Waals surface area contributed by atoms with Crippen molar-refractivity contribution in [1.82, 2.24) is 5.32 Å². The molecule has 1 aliphatic rings. The van der Waals surface area contributed by atoms with Crippen LogP contribution in [0, 0.1) is 13.8 Å². The fourth-order valence-corrected chi connectivity index (χ4v) is 5.91. The van der Waals surface area contributed by atoms with E-state index in [0.717, 1.165) is 34.7 Å². The topological polar surface area (TPSA) is 66.5 Å². The van der Waals surface area contributed by atoms with Gasteiger partial charge in [-0.25, -0.2) is 8.42 Å². The van der Waals surface area contributed by atoms with Gasteiger partial charge in [-0.1, -0.05) is 59.6 Å². The third-order valence-corrected chi connectivity index (χ3v) is 8.05. The third-order valence-electron chi connectivity index (χ3n) is 6.04. The molecule has 0 saturated heterocycles. The van der Waals surface area contributed by atoms with Crippen LogP contribution in [-0.4, -0.2) is 20.9 Å². The third kappa shape index (κ3) is 5.07. The van der Waals surface area contributed by atoms with E-state index in [4.69, 9.17) is 11.6 Å². The number of nitrogens with one attached hydrogen (secondary N) is 1. The number of aryl methyl sites for hydroxylation is 3. The predicted molar refractivity (Wildman–Crippen MR) is 132 cm³/mol. The Bertz CT molecular complexity index is 1270. The number of nitrogens with zero attached hydrogens (tertiary/aromatic N) is 1. The summed E-state index contributed by atoms with van der Waals surface area (Å²) in [6, 6.07) is 19.6. The zero-order valence-corrected chi connectivity index (χ0v) is 20.3. The summed E-state index contributed by atoms with van der Waals surface area (Å²) in [6.07, 6.45) is 2.78. The second-order valence-corrected chi connectivity index (χ2v) is 10.8. The average Bonchev–Trinajstić information content (AvgIpc) is 2.80. The fourth-order valence-electron chi connectivity index (χ4n) is 4.26. The van der Waals surface area contributed by atoms with E-state index in [2.05, 4.69) is 11.4 Å². The average molecular weight is 483 g/mol. The number of anilines is 1. The van der Waals surface area contributed by atoms with Crippen molar-refractivity contribution in [1.29, 1.82) is 0 Å². The molecule has 1 amide bonds. The number of hydrogen-bond donors (Lipinski definition) is 1. The van der Waals surface area contributed by atoms with Crippen LogP contribution in [0.3, 0.4) is 0 Å². The van der Waals surface area contributed by atoms with E-state index < -0.39 is 10.0 Å². The van der Waals surface area contributed by atoms with Crippen LogP contribution < -0.4 is 9.62 Å². The molecule has 1 aliphatic carbocycles. The van der Waals surface area contributed by atoms with Gasteiger partial charge in [-0.3, -0.25) is 9.10 Å². The van der Waals surface area contributed by atoms with Crippen LogP contribution >= 0.6 is 11.6 Å². The highest BCUT2D eigenvalue weighted by Crippen LogP contribution is 2.31. The van der Waals surface area contributed by atoms with Gasteiger partial charge in [-0.15, -0.1) is 0 Å². The van der Waals surface area contributed by atoms with Gasteiger partial charge in [0.1, 0.15) is 6.54 Å². The Hall–Kier alpha value is -2.83. The number of fused-ring (bicyclic) bond motifs is 1. The first kappa shape index (κ1) is 23.3. The van der Waals surface area contributed by atoms with Crippen molar-refractivity contribution < 1.29 is 13.2 Å². The number of carbonyl (C=O) groups excluding carboxylic acids is 1. The molecule has 3 aromatic rings. The Morgan fingerprint density at radius 3 is 2.55 bits per heavy atom. The van der Waals surface area contributed by atoms with Gasteiger partial charge in [0.15, 0.2) is 0 Å². The van der Waals surface area contributed by atoms with Gasteiger partial charge in [0.2, 0.25) is 5.91 Å². The highest BCUT2D eigenvalue weighted by atomic mass is 35.5. The Kier molecular flexibility index (Phi) is 6.77. The molecule has 0 unspecified atom stereocenters. The molecule has 33 heavy (non-hydrogen) atoms. The maximum Gasteiger partial charge on any atom is 0.264 e. The van der Waals surface area contributed by atoms with Gasteiger partial charge in [-0.05, 0) is 74.1 Å². The number of halogens is 1. The molecule has 0 aliphatic heterocycles. The largest absolute Gasteiger partial charge is 0.348 e. The molecule has 3 aromatic carbocycles. The lowest BCUT2D eigenvalue weighted by Gasteiger charge is -2.29. The smallest absolute Gasteiger partial charge is 0.264 e. The van der Waals surface area contributed by atoms with Gasteiger partial charge in [-0.2, -0.15) is 0 Å². The van der Waals surface area contributed by atoms with E-state index in [1.807, 2.05) is 25.1 Å². The number of carbonyl (C=O) groups is 1. The van der Waals surface area contributed by atoms with Crippen molar-refractivity contribution in [3.8, 4) is 0 Å². The Balaban J connectivity index is 1.66. The van der Waals surface area contributed by atoms with Crippen LogP contribution in [0.15, 0.2) is 71.6 Å². The zero-order valence-electron chi connectivity index (χ0n) is 18.7. The van der Waals surface area contributed by atoms with Gasteiger partial charge < -0.3 is 5.32 Å². The molecule has 4 rings (SSSR count). The summed E-state index contributed by atoms with van der Waals surface area (Å²) in [7, 11) is -3.99. The number of amides is 1. The number of benzene rings is 3. The van der Waals surface area contributed by atoms with Gasteiger partial charge in [0.25, 0.3) is 10.0 Å². The standard InChI is InChI=1S/C26H27ClN2O3S/c1-18-10-14-22(15-11-18)33(31,32)29(25-16-21(27)13-12-19(25)2)17-26(30)28-24-9-5-7-20-6-3-4-8-23(20)24/h3-4,6,8,10-16,24H,5,7,9,17H2,1-2H3,(H,28,30)/t24-/m0/s1. The van der Waals surface area contributed by atoms with Crippen LogP contribution in [0.5, 0.6) is 0 Å². The minimum absolute atomic E-state index is 0.128. The lowest BCUT2D eigenvalue weighted by molar-refractivity contribution is -0.120. The Morgan fingerprint density at radius 1 is 1.06 bits per heavy atom. The summed E-state index contributed by atoms with van der Waals surface area (Å²) in [5.41, 5.74) is 4.38. The first-order valence-electron chi connectivity index (χ1n) is 11.0. The predicted octanol–water partition coefficient (Wildman–Crippen LogP) is 5.35. The van der Waals surface area contributed by atoms with Crippen LogP contribution in [0.25, 0.3) is 0 Å². The van der Waals surface area contributed by atoms with Crippen molar-refractivity contribution in [3.05, 3.63) is 94.0 Å². The first-order valence-corrected chi connectivity index (χ1v) is 12.8. The molecule has 0 aromatic heterocycles. The van der Waals surface area contributed by atoms with Crippen LogP contribution in [0.2, 0.25) is 5.02 Å². The SMILES string of the molecule is Cc1ccc(S(=O)(=O)N(CC(=O)N[C@H]2CCCc3ccccc32)c2cc(Cl)ccc2C)cc1. The normalized spacial score (nSPS) is 15.5. The van der Waals surface area contributed by atoms with Gasteiger partial charge in [0, 0.05) is 5.02 Å². The summed E-state index contributed by atoms with van der Waals surface area (Å²) in [5.74, 6) is -0.355. The monoisotopic (exact) mass is 482 g/mol. The van der Waals surface area contributed by atoms with E-state index in [-0.39, 0.29) is 23.4 Å². The van der Waals surface area contributed by atoms with Crippen LogP contribution in [-0.2, 0) is 21.2 Å². The van der Waals surface area contributed by atoms with Crippen molar-refractivity contribution in [2.24, 2.45) is 0 Å². The Morgan fingerprint density at radius 2 is 1.79 bits per heavy atom. The van der Waals surface area contributed by atoms with Crippen molar-refractivity contribution in [2.45, 2.75) is 44.0 Å². The van der Waals surface area contributed by atoms with Gasteiger partial charge >= 0.3 is 0 Å².